The molecule has 0 amide bonds. The van der Waals surface area contributed by atoms with E-state index in [0.717, 1.165) is 32.1 Å². The van der Waals surface area contributed by atoms with Crippen molar-refractivity contribution >= 4 is 11.9 Å². The average Bonchev–Trinajstić information content (AvgIpc) is 2.75. The van der Waals surface area contributed by atoms with E-state index >= 15 is 0 Å². The van der Waals surface area contributed by atoms with E-state index in [-0.39, 0.29) is 11.9 Å². The summed E-state index contributed by atoms with van der Waals surface area (Å²) in [6.45, 7) is 9.33. The maximum atomic E-state index is 11.5. The second-order valence-corrected chi connectivity index (χ2v) is 9.95. The Bertz CT molecular complexity index is 468. The van der Waals surface area contributed by atoms with Gasteiger partial charge in [0, 0.05) is 12.8 Å². The van der Waals surface area contributed by atoms with Crippen LogP contribution in [0.4, 0.5) is 0 Å². The molecule has 0 aliphatic heterocycles. The lowest BCUT2D eigenvalue weighted by Crippen LogP contribution is -2.09. The molecule has 188 valence electrons. The molecule has 32 heavy (non-hydrogen) atoms. The van der Waals surface area contributed by atoms with Crippen molar-refractivity contribution in [2.75, 3.05) is 13.2 Å². The number of unbranched alkanes of at least 4 members (excludes halogenated alkanes) is 12. The van der Waals surface area contributed by atoms with Gasteiger partial charge in [0.25, 0.3) is 0 Å². The number of hydrogen-bond donors (Lipinski definition) is 0. The first-order valence-corrected chi connectivity index (χ1v) is 13.4. The number of allylic oxidation sites excluding steroid dienone is 2. The Balaban J connectivity index is 3.25. The minimum absolute atomic E-state index is 0.0362. The van der Waals surface area contributed by atoms with Crippen molar-refractivity contribution in [2.24, 2.45) is 11.8 Å². The summed E-state index contributed by atoms with van der Waals surface area (Å²) in [5.74, 6) is 0.757. The van der Waals surface area contributed by atoms with Crippen molar-refractivity contribution in [3.8, 4) is 0 Å². The Morgan fingerprint density at radius 2 is 0.844 bits per heavy atom. The molecule has 0 aliphatic rings. The number of carbonyl (C=O) groups is 2. The van der Waals surface area contributed by atoms with Gasteiger partial charge in [-0.25, -0.2) is 0 Å². The van der Waals surface area contributed by atoms with Crippen LogP contribution in [0.1, 0.15) is 130 Å². The first-order chi connectivity index (χ1) is 15.4. The quantitative estimate of drug-likeness (QED) is 0.0943. The zero-order valence-corrected chi connectivity index (χ0v) is 21.7. The van der Waals surface area contributed by atoms with Crippen LogP contribution in [0.15, 0.2) is 12.2 Å². The summed E-state index contributed by atoms with van der Waals surface area (Å²) in [5, 5.41) is 0. The fraction of sp³-hybridized carbons (Fsp3) is 0.857. The number of hydrogen-bond acceptors (Lipinski definition) is 4. The van der Waals surface area contributed by atoms with Crippen LogP contribution in [-0.4, -0.2) is 25.2 Å². The molecule has 0 unspecified atom stereocenters. The number of ether oxygens (including phenoxy) is 2. The van der Waals surface area contributed by atoms with Gasteiger partial charge in [-0.15, -0.1) is 0 Å². The number of carbonyl (C=O) groups excluding carboxylic acids is 2. The van der Waals surface area contributed by atoms with Crippen LogP contribution in [-0.2, 0) is 19.1 Å². The van der Waals surface area contributed by atoms with Gasteiger partial charge in [0.1, 0.15) is 0 Å². The molecule has 4 heteroatoms. The summed E-state index contributed by atoms with van der Waals surface area (Å²) in [4.78, 5) is 23.0. The lowest BCUT2D eigenvalue weighted by Gasteiger charge is -2.06. The van der Waals surface area contributed by atoms with E-state index in [1.54, 1.807) is 0 Å². The summed E-state index contributed by atoms with van der Waals surface area (Å²) < 4.78 is 10.4. The topological polar surface area (TPSA) is 52.6 Å². The Morgan fingerprint density at radius 3 is 1.19 bits per heavy atom. The van der Waals surface area contributed by atoms with Gasteiger partial charge >= 0.3 is 11.9 Å². The second-order valence-electron chi connectivity index (χ2n) is 9.95. The molecule has 0 atom stereocenters. The predicted octanol–water partition coefficient (Wildman–Crippen LogP) is 8.18. The van der Waals surface area contributed by atoms with Gasteiger partial charge in [0.2, 0.25) is 0 Å². The fourth-order valence-electron chi connectivity index (χ4n) is 3.38. The van der Waals surface area contributed by atoms with Gasteiger partial charge < -0.3 is 9.47 Å². The van der Waals surface area contributed by atoms with Crippen LogP contribution >= 0.6 is 0 Å². The fourth-order valence-corrected chi connectivity index (χ4v) is 3.38. The van der Waals surface area contributed by atoms with Crippen molar-refractivity contribution in [3.63, 3.8) is 0 Å². The zero-order chi connectivity index (χ0) is 23.9. The number of esters is 2. The lowest BCUT2D eigenvalue weighted by atomic mass is 10.1. The molecule has 0 saturated carbocycles. The third-order valence-corrected chi connectivity index (χ3v) is 5.33. The Hall–Kier alpha value is -1.32. The summed E-state index contributed by atoms with van der Waals surface area (Å²) in [6.07, 6.45) is 22.5. The highest BCUT2D eigenvalue weighted by molar-refractivity contribution is 5.69. The molecule has 0 aromatic heterocycles. The third-order valence-electron chi connectivity index (χ3n) is 5.33. The van der Waals surface area contributed by atoms with Crippen LogP contribution in [0, 0.1) is 11.8 Å². The van der Waals surface area contributed by atoms with Gasteiger partial charge in [0.15, 0.2) is 0 Å². The maximum absolute atomic E-state index is 11.5. The van der Waals surface area contributed by atoms with E-state index in [1.165, 1.54) is 57.8 Å². The second kappa shape index (κ2) is 22.9. The van der Waals surface area contributed by atoms with Crippen LogP contribution in [0.2, 0.25) is 0 Å². The third kappa shape index (κ3) is 24.9. The van der Waals surface area contributed by atoms with E-state index in [9.17, 15) is 9.59 Å². The van der Waals surface area contributed by atoms with E-state index in [0.29, 0.717) is 37.9 Å². The van der Waals surface area contributed by atoms with Crippen molar-refractivity contribution in [1.29, 1.82) is 0 Å². The smallest absolute Gasteiger partial charge is 0.305 e. The lowest BCUT2D eigenvalue weighted by molar-refractivity contribution is -0.145. The monoisotopic (exact) mass is 452 g/mol. The Labute approximate surface area is 198 Å². The highest BCUT2D eigenvalue weighted by Crippen LogP contribution is 2.12. The van der Waals surface area contributed by atoms with E-state index in [2.05, 4.69) is 39.8 Å². The first kappa shape index (κ1) is 30.7. The molecule has 0 heterocycles. The van der Waals surface area contributed by atoms with Crippen molar-refractivity contribution in [3.05, 3.63) is 12.2 Å². The van der Waals surface area contributed by atoms with E-state index in [1.807, 2.05) is 0 Å². The van der Waals surface area contributed by atoms with Gasteiger partial charge in [-0.3, -0.25) is 9.59 Å². The molecular weight excluding hydrogens is 400 g/mol. The van der Waals surface area contributed by atoms with Crippen LogP contribution < -0.4 is 0 Å². The standard InChI is InChI=1S/C28H52O4/c1-25(2)23-31-27(29)21-19-17-15-13-11-9-7-5-6-8-10-12-14-16-18-20-22-28(30)32-24-26(3)4/h7,9,25-26H,5-6,8,10-24H2,1-4H3/b9-7+. The molecule has 0 aliphatic carbocycles. The average molecular weight is 453 g/mol. The molecule has 0 rings (SSSR count). The first-order valence-electron chi connectivity index (χ1n) is 13.4. The summed E-state index contributed by atoms with van der Waals surface area (Å²) in [6, 6.07) is 0. The summed E-state index contributed by atoms with van der Waals surface area (Å²) in [5.41, 5.74) is 0. The Kier molecular flexibility index (Phi) is 21.9. The Morgan fingerprint density at radius 1 is 0.531 bits per heavy atom. The number of rotatable bonds is 22. The maximum Gasteiger partial charge on any atom is 0.305 e. The van der Waals surface area contributed by atoms with E-state index < -0.39 is 0 Å². The SMILES string of the molecule is CC(C)COC(=O)CCCCCC/C=C/CCCCCCCCCCC(=O)OCC(C)C. The molecule has 0 N–H and O–H groups in total. The van der Waals surface area contributed by atoms with Crippen molar-refractivity contribution < 1.29 is 19.1 Å². The van der Waals surface area contributed by atoms with E-state index in [4.69, 9.17) is 9.47 Å². The summed E-state index contributed by atoms with van der Waals surface area (Å²) >= 11 is 0. The molecule has 0 aromatic rings. The van der Waals surface area contributed by atoms with Crippen molar-refractivity contribution in [2.45, 2.75) is 130 Å². The molecule has 0 spiro atoms. The van der Waals surface area contributed by atoms with Crippen LogP contribution in [0.5, 0.6) is 0 Å². The molecule has 0 bridgehead atoms. The zero-order valence-electron chi connectivity index (χ0n) is 21.7. The molecular formula is C28H52O4. The minimum atomic E-state index is -0.0438. The van der Waals surface area contributed by atoms with Crippen LogP contribution in [0.3, 0.4) is 0 Å². The van der Waals surface area contributed by atoms with Gasteiger partial charge in [-0.1, -0.05) is 91.2 Å². The molecule has 0 saturated heterocycles. The minimum Gasteiger partial charge on any atom is -0.465 e. The molecule has 4 nitrogen and oxygen atoms in total. The van der Waals surface area contributed by atoms with Gasteiger partial charge in [-0.2, -0.15) is 0 Å². The molecule has 0 aromatic carbocycles. The normalized spacial score (nSPS) is 11.6. The van der Waals surface area contributed by atoms with Gasteiger partial charge in [-0.05, 0) is 50.4 Å². The van der Waals surface area contributed by atoms with Crippen molar-refractivity contribution in [1.82, 2.24) is 0 Å². The molecule has 0 fully saturated rings. The largest absolute Gasteiger partial charge is 0.465 e. The van der Waals surface area contributed by atoms with Crippen LogP contribution in [0.25, 0.3) is 0 Å². The summed E-state index contributed by atoms with van der Waals surface area (Å²) in [7, 11) is 0. The highest BCUT2D eigenvalue weighted by Gasteiger charge is 2.04. The van der Waals surface area contributed by atoms with Gasteiger partial charge in [0.05, 0.1) is 13.2 Å². The highest BCUT2D eigenvalue weighted by atomic mass is 16.5. The molecule has 0 radical (unpaired) electrons. The predicted molar refractivity (Wildman–Crippen MR) is 135 cm³/mol.